The molecule has 2 aliphatic rings. The number of carbonyl (C=O) groups excluding carboxylic acids is 1. The van der Waals surface area contributed by atoms with Crippen LogP contribution in [0.3, 0.4) is 0 Å². The van der Waals surface area contributed by atoms with Crippen LogP contribution in [-0.2, 0) is 30.8 Å². The number of benzene rings is 1. The van der Waals surface area contributed by atoms with Gasteiger partial charge in [-0.3, -0.25) is 9.36 Å². The van der Waals surface area contributed by atoms with E-state index >= 15 is 0 Å². The molecule has 1 amide bonds. The summed E-state index contributed by atoms with van der Waals surface area (Å²) >= 11 is 0. The van der Waals surface area contributed by atoms with E-state index in [1.165, 1.54) is 4.68 Å². The zero-order valence-electron chi connectivity index (χ0n) is 14.4. The van der Waals surface area contributed by atoms with Gasteiger partial charge in [0.05, 0.1) is 0 Å². The summed E-state index contributed by atoms with van der Waals surface area (Å²) in [7, 11) is 0. The summed E-state index contributed by atoms with van der Waals surface area (Å²) in [4.78, 5) is 27.3. The van der Waals surface area contributed by atoms with Gasteiger partial charge in [-0.25, -0.2) is 9.48 Å². The molecule has 1 aromatic heterocycles. The monoisotopic (exact) mass is 340 g/mol. The van der Waals surface area contributed by atoms with Crippen molar-refractivity contribution < 1.29 is 4.79 Å². The van der Waals surface area contributed by atoms with Crippen LogP contribution in [0.5, 0.6) is 0 Å². The molecule has 25 heavy (non-hydrogen) atoms. The molecule has 0 atom stereocenters. The van der Waals surface area contributed by atoms with E-state index in [2.05, 4.69) is 5.10 Å². The number of nitrogens with zero attached hydrogens (tertiary/aromatic N) is 4. The van der Waals surface area contributed by atoms with Crippen LogP contribution in [0.25, 0.3) is 0 Å². The van der Waals surface area contributed by atoms with E-state index < -0.39 is 0 Å². The smallest absolute Gasteiger partial charge is 0.334 e. The maximum atomic E-state index is 12.8. The highest BCUT2D eigenvalue weighted by Crippen LogP contribution is 2.28. The summed E-state index contributed by atoms with van der Waals surface area (Å²) < 4.78 is 3.11. The van der Waals surface area contributed by atoms with Gasteiger partial charge >= 0.3 is 5.69 Å². The molecule has 0 spiro atoms. The van der Waals surface area contributed by atoms with Crippen LogP contribution in [0.2, 0.25) is 0 Å². The van der Waals surface area contributed by atoms with Crippen molar-refractivity contribution in [1.29, 1.82) is 0 Å². The fourth-order valence-corrected chi connectivity index (χ4v) is 3.53. The average Bonchev–Trinajstić information content (AvgIpc) is 3.44. The third-order valence-corrected chi connectivity index (χ3v) is 5.07. The molecule has 1 saturated carbocycles. The molecule has 6 nitrogen and oxygen atoms in total. The third kappa shape index (κ3) is 3.52. The maximum absolute atomic E-state index is 12.8. The van der Waals surface area contributed by atoms with Gasteiger partial charge < -0.3 is 4.90 Å². The van der Waals surface area contributed by atoms with Crippen molar-refractivity contribution >= 4 is 5.91 Å². The third-order valence-electron chi connectivity index (χ3n) is 5.07. The molecule has 2 aromatic rings. The molecular weight excluding hydrogens is 316 g/mol. The highest BCUT2D eigenvalue weighted by Gasteiger charge is 2.33. The number of rotatable bonds is 5. The highest BCUT2D eigenvalue weighted by atomic mass is 16.2. The van der Waals surface area contributed by atoms with Gasteiger partial charge in [0.1, 0.15) is 12.4 Å². The zero-order chi connectivity index (χ0) is 17.2. The molecule has 1 aliphatic carbocycles. The number of amides is 1. The van der Waals surface area contributed by atoms with Gasteiger partial charge in [-0.2, -0.15) is 5.10 Å². The van der Waals surface area contributed by atoms with Crippen LogP contribution in [-0.4, -0.2) is 31.2 Å². The predicted molar refractivity (Wildman–Crippen MR) is 94.1 cm³/mol. The number of carbonyl (C=O) groups is 1. The minimum absolute atomic E-state index is 0.0123. The van der Waals surface area contributed by atoms with Crippen LogP contribution in [0.4, 0.5) is 0 Å². The molecule has 1 aromatic carbocycles. The molecular formula is C19H24N4O2. The zero-order valence-corrected chi connectivity index (χ0v) is 14.4. The summed E-state index contributed by atoms with van der Waals surface area (Å²) in [5.74, 6) is 0.818. The van der Waals surface area contributed by atoms with Gasteiger partial charge in [-0.15, -0.1) is 0 Å². The van der Waals surface area contributed by atoms with Crippen LogP contribution >= 0.6 is 0 Å². The second-order valence-electron chi connectivity index (χ2n) is 7.06. The van der Waals surface area contributed by atoms with E-state index in [1.807, 2.05) is 35.2 Å². The fourth-order valence-electron chi connectivity index (χ4n) is 3.53. The van der Waals surface area contributed by atoms with Crippen molar-refractivity contribution in [2.45, 2.75) is 64.2 Å². The van der Waals surface area contributed by atoms with E-state index in [1.54, 1.807) is 4.57 Å². The molecule has 0 saturated heterocycles. The normalized spacial score (nSPS) is 17.0. The Morgan fingerprint density at radius 3 is 2.72 bits per heavy atom. The Labute approximate surface area is 147 Å². The minimum atomic E-state index is -0.138. The van der Waals surface area contributed by atoms with E-state index in [0.29, 0.717) is 12.6 Å². The number of aromatic nitrogens is 3. The van der Waals surface area contributed by atoms with E-state index in [0.717, 1.165) is 56.5 Å². The predicted octanol–water partition coefficient (Wildman–Crippen LogP) is 1.96. The summed E-state index contributed by atoms with van der Waals surface area (Å²) in [5, 5.41) is 4.44. The molecule has 0 bridgehead atoms. The van der Waals surface area contributed by atoms with Gasteiger partial charge in [0.2, 0.25) is 5.91 Å². The Balaban J connectivity index is 1.51. The van der Waals surface area contributed by atoms with Crippen LogP contribution in [0.1, 0.15) is 43.5 Å². The Morgan fingerprint density at radius 1 is 1.16 bits per heavy atom. The summed E-state index contributed by atoms with van der Waals surface area (Å²) in [6.45, 7) is 1.37. The maximum Gasteiger partial charge on any atom is 0.346 e. The first-order valence-electron chi connectivity index (χ1n) is 9.22. The first kappa shape index (κ1) is 16.1. The quantitative estimate of drug-likeness (QED) is 0.836. The van der Waals surface area contributed by atoms with Gasteiger partial charge in [-0.1, -0.05) is 36.8 Å². The van der Waals surface area contributed by atoms with Crippen molar-refractivity contribution in [3.63, 3.8) is 0 Å². The Morgan fingerprint density at radius 2 is 1.96 bits per heavy atom. The molecule has 0 N–H and O–H groups in total. The molecule has 1 fully saturated rings. The van der Waals surface area contributed by atoms with Crippen molar-refractivity contribution in [1.82, 2.24) is 19.2 Å². The van der Waals surface area contributed by atoms with E-state index in [4.69, 9.17) is 0 Å². The Hall–Kier alpha value is -2.37. The molecule has 1 aliphatic heterocycles. The van der Waals surface area contributed by atoms with Crippen molar-refractivity contribution in [2.75, 3.05) is 0 Å². The first-order valence-corrected chi connectivity index (χ1v) is 9.22. The van der Waals surface area contributed by atoms with Crippen molar-refractivity contribution in [2.24, 2.45) is 0 Å². The standard InChI is InChI=1S/C19H24N4O2/c24-18(22(16-10-11-16)13-15-7-3-1-4-8-15)14-23-19(25)21-12-6-2-5-9-17(21)20-23/h1,3-4,7-8,16H,2,5-6,9-14H2. The second kappa shape index (κ2) is 6.86. The molecule has 6 heteroatoms. The first-order chi connectivity index (χ1) is 12.2. The van der Waals surface area contributed by atoms with Crippen LogP contribution < -0.4 is 5.69 Å². The lowest BCUT2D eigenvalue weighted by Crippen LogP contribution is -2.38. The summed E-state index contributed by atoms with van der Waals surface area (Å²) in [6.07, 6.45) is 6.13. The lowest BCUT2D eigenvalue weighted by Gasteiger charge is -2.22. The topological polar surface area (TPSA) is 60.1 Å². The molecule has 0 unspecified atom stereocenters. The van der Waals surface area contributed by atoms with Crippen LogP contribution in [0, 0.1) is 0 Å². The SMILES string of the molecule is O=C(Cn1nc2n(c1=O)CCCCC2)N(Cc1ccccc1)C1CC1. The summed E-state index contributed by atoms with van der Waals surface area (Å²) in [6, 6.07) is 10.3. The second-order valence-corrected chi connectivity index (χ2v) is 7.06. The van der Waals surface area contributed by atoms with Crippen molar-refractivity contribution in [3.8, 4) is 0 Å². The molecule has 132 valence electrons. The van der Waals surface area contributed by atoms with Gasteiger partial charge in [0, 0.05) is 25.6 Å². The van der Waals surface area contributed by atoms with Gasteiger partial charge in [-0.05, 0) is 31.2 Å². The average molecular weight is 340 g/mol. The molecule has 4 rings (SSSR count). The fraction of sp³-hybridized carbons (Fsp3) is 0.526. The lowest BCUT2D eigenvalue weighted by molar-refractivity contribution is -0.133. The molecule has 0 radical (unpaired) electrons. The number of aryl methyl sites for hydroxylation is 1. The van der Waals surface area contributed by atoms with E-state index in [9.17, 15) is 9.59 Å². The lowest BCUT2D eigenvalue weighted by atomic mass is 10.2. The Bertz CT molecular complexity index is 805. The number of hydrogen-bond donors (Lipinski definition) is 0. The largest absolute Gasteiger partial charge is 0.346 e. The number of hydrogen-bond acceptors (Lipinski definition) is 3. The Kier molecular flexibility index (Phi) is 4.42. The van der Waals surface area contributed by atoms with E-state index in [-0.39, 0.29) is 18.1 Å². The van der Waals surface area contributed by atoms with Gasteiger partial charge in [0.25, 0.3) is 0 Å². The molecule has 2 heterocycles. The van der Waals surface area contributed by atoms with Crippen molar-refractivity contribution in [3.05, 3.63) is 52.2 Å². The minimum Gasteiger partial charge on any atom is -0.334 e. The highest BCUT2D eigenvalue weighted by molar-refractivity contribution is 5.76. The summed E-state index contributed by atoms with van der Waals surface area (Å²) in [5.41, 5.74) is 0.983. The van der Waals surface area contributed by atoms with Gasteiger partial charge in [0.15, 0.2) is 0 Å². The van der Waals surface area contributed by atoms with Crippen LogP contribution in [0.15, 0.2) is 35.1 Å². The number of fused-ring (bicyclic) bond motifs is 1.